The summed E-state index contributed by atoms with van der Waals surface area (Å²) in [5.41, 5.74) is 6.11. The van der Waals surface area contributed by atoms with Crippen LogP contribution in [0.2, 0.25) is 0 Å². The van der Waals surface area contributed by atoms with Crippen LogP contribution in [0.15, 0.2) is 18.2 Å². The normalized spacial score (nSPS) is 11.4. The fourth-order valence-electron chi connectivity index (χ4n) is 1.32. The number of nitrogen functional groups attached to an aromatic ring is 1. The van der Waals surface area contributed by atoms with Crippen LogP contribution in [0, 0.1) is 11.3 Å². The van der Waals surface area contributed by atoms with Gasteiger partial charge in [-0.05, 0) is 18.6 Å². The van der Waals surface area contributed by atoms with Gasteiger partial charge in [0.05, 0.1) is 7.11 Å². The van der Waals surface area contributed by atoms with E-state index in [1.165, 1.54) is 7.11 Å². The standard InChI is InChI=1S/C12H14N2O3/c1-3-8(7-13)17-10-6-4-5-9(14)11(10)12(15)16-2/h4-6,8H,3,14H2,1-2H3. The molecule has 1 rings (SSSR count). The van der Waals surface area contributed by atoms with E-state index in [1.54, 1.807) is 18.2 Å². The van der Waals surface area contributed by atoms with Crippen LogP contribution in [-0.4, -0.2) is 19.2 Å². The van der Waals surface area contributed by atoms with Crippen LogP contribution >= 0.6 is 0 Å². The predicted octanol–water partition coefficient (Wildman–Crippen LogP) is 1.74. The van der Waals surface area contributed by atoms with E-state index < -0.39 is 12.1 Å². The molecule has 0 radical (unpaired) electrons. The number of carbonyl (C=O) groups excluding carboxylic acids is 1. The molecule has 90 valence electrons. The molecule has 1 aromatic carbocycles. The molecule has 0 saturated heterocycles. The Balaban J connectivity index is 3.11. The Bertz CT molecular complexity index is 452. The smallest absolute Gasteiger partial charge is 0.343 e. The van der Waals surface area contributed by atoms with Crippen molar-refractivity contribution in [1.82, 2.24) is 0 Å². The van der Waals surface area contributed by atoms with E-state index in [1.807, 2.05) is 13.0 Å². The highest BCUT2D eigenvalue weighted by Crippen LogP contribution is 2.26. The minimum absolute atomic E-state index is 0.156. The number of hydrogen-bond donors (Lipinski definition) is 1. The minimum atomic E-state index is -0.611. The van der Waals surface area contributed by atoms with Gasteiger partial charge in [-0.1, -0.05) is 13.0 Å². The number of ether oxygens (including phenoxy) is 2. The fourth-order valence-corrected chi connectivity index (χ4v) is 1.32. The number of rotatable bonds is 4. The van der Waals surface area contributed by atoms with Crippen molar-refractivity contribution in [2.45, 2.75) is 19.4 Å². The summed E-state index contributed by atoms with van der Waals surface area (Å²) in [4.78, 5) is 11.5. The Labute approximate surface area is 99.7 Å². The number of nitrogens with zero attached hydrogens (tertiary/aromatic N) is 1. The summed E-state index contributed by atoms with van der Waals surface area (Å²) in [5, 5.41) is 8.82. The van der Waals surface area contributed by atoms with Gasteiger partial charge in [-0.15, -0.1) is 0 Å². The second-order valence-corrected chi connectivity index (χ2v) is 3.36. The van der Waals surface area contributed by atoms with E-state index in [4.69, 9.17) is 15.7 Å². The molecule has 0 amide bonds. The molecule has 1 atom stereocenters. The molecule has 0 saturated carbocycles. The van der Waals surface area contributed by atoms with Gasteiger partial charge in [0.15, 0.2) is 6.10 Å². The SMILES string of the molecule is CCC(C#N)Oc1cccc(N)c1C(=O)OC. The van der Waals surface area contributed by atoms with Crippen molar-refractivity contribution in [2.75, 3.05) is 12.8 Å². The fraction of sp³-hybridized carbons (Fsp3) is 0.333. The highest BCUT2D eigenvalue weighted by atomic mass is 16.5. The van der Waals surface area contributed by atoms with Crippen molar-refractivity contribution in [3.8, 4) is 11.8 Å². The number of esters is 1. The van der Waals surface area contributed by atoms with Crippen LogP contribution in [0.25, 0.3) is 0 Å². The maximum atomic E-state index is 11.5. The Morgan fingerprint density at radius 1 is 1.59 bits per heavy atom. The lowest BCUT2D eigenvalue weighted by atomic mass is 10.1. The molecule has 5 nitrogen and oxygen atoms in total. The Hall–Kier alpha value is -2.22. The average molecular weight is 234 g/mol. The lowest BCUT2D eigenvalue weighted by Gasteiger charge is -2.14. The predicted molar refractivity (Wildman–Crippen MR) is 62.5 cm³/mol. The van der Waals surface area contributed by atoms with Crippen molar-refractivity contribution in [2.24, 2.45) is 0 Å². The zero-order chi connectivity index (χ0) is 12.8. The summed E-state index contributed by atoms with van der Waals surface area (Å²) in [6, 6.07) is 6.80. The number of anilines is 1. The number of benzene rings is 1. The summed E-state index contributed by atoms with van der Waals surface area (Å²) in [6.45, 7) is 1.82. The molecule has 0 aliphatic heterocycles. The monoisotopic (exact) mass is 234 g/mol. The van der Waals surface area contributed by atoms with Crippen LogP contribution in [0.4, 0.5) is 5.69 Å². The lowest BCUT2D eigenvalue weighted by Crippen LogP contribution is -2.16. The van der Waals surface area contributed by atoms with Crippen molar-refractivity contribution < 1.29 is 14.3 Å². The third-order valence-corrected chi connectivity index (χ3v) is 2.23. The first-order valence-electron chi connectivity index (χ1n) is 5.17. The van der Waals surface area contributed by atoms with Gasteiger partial charge in [0, 0.05) is 5.69 Å². The molecule has 5 heteroatoms. The first-order chi connectivity index (χ1) is 8.13. The van der Waals surface area contributed by atoms with Gasteiger partial charge in [-0.25, -0.2) is 4.79 Å². The van der Waals surface area contributed by atoms with Crippen molar-refractivity contribution in [1.29, 1.82) is 5.26 Å². The zero-order valence-corrected chi connectivity index (χ0v) is 9.77. The first kappa shape index (κ1) is 12.8. The quantitative estimate of drug-likeness (QED) is 0.633. The van der Waals surface area contributed by atoms with E-state index in [9.17, 15) is 4.79 Å². The lowest BCUT2D eigenvalue weighted by molar-refractivity contribution is 0.0596. The maximum Gasteiger partial charge on any atom is 0.343 e. The maximum absolute atomic E-state index is 11.5. The van der Waals surface area contributed by atoms with Gasteiger partial charge in [0.25, 0.3) is 0 Å². The molecular weight excluding hydrogens is 220 g/mol. The number of hydrogen-bond acceptors (Lipinski definition) is 5. The van der Waals surface area contributed by atoms with Crippen molar-refractivity contribution >= 4 is 11.7 Å². The van der Waals surface area contributed by atoms with Crippen LogP contribution in [-0.2, 0) is 4.74 Å². The number of nitrogens with two attached hydrogens (primary N) is 1. The summed E-state index contributed by atoms with van der Waals surface area (Å²) < 4.78 is 10.0. The third-order valence-electron chi connectivity index (χ3n) is 2.23. The number of nitriles is 1. The van der Waals surface area contributed by atoms with E-state index in [0.29, 0.717) is 6.42 Å². The zero-order valence-electron chi connectivity index (χ0n) is 9.77. The highest BCUT2D eigenvalue weighted by molar-refractivity contribution is 5.98. The summed E-state index contributed by atoms with van der Waals surface area (Å²) in [6.07, 6.45) is -0.0912. The van der Waals surface area contributed by atoms with Crippen LogP contribution in [0.5, 0.6) is 5.75 Å². The van der Waals surface area contributed by atoms with Crippen molar-refractivity contribution in [3.63, 3.8) is 0 Å². The van der Waals surface area contributed by atoms with Gasteiger partial charge in [0.1, 0.15) is 17.4 Å². The molecule has 1 unspecified atom stereocenters. The molecule has 0 fully saturated rings. The Morgan fingerprint density at radius 3 is 2.82 bits per heavy atom. The summed E-state index contributed by atoms with van der Waals surface area (Å²) in [7, 11) is 1.26. The van der Waals surface area contributed by atoms with Crippen molar-refractivity contribution in [3.05, 3.63) is 23.8 Å². The van der Waals surface area contributed by atoms with Crippen LogP contribution < -0.4 is 10.5 Å². The van der Waals surface area contributed by atoms with E-state index >= 15 is 0 Å². The second kappa shape index (κ2) is 5.75. The van der Waals surface area contributed by atoms with E-state index in [-0.39, 0.29) is 17.0 Å². The summed E-state index contributed by atoms with van der Waals surface area (Å²) >= 11 is 0. The Morgan fingerprint density at radius 2 is 2.29 bits per heavy atom. The number of carbonyl (C=O) groups is 1. The molecular formula is C12H14N2O3. The van der Waals surface area contributed by atoms with Crippen LogP contribution in [0.1, 0.15) is 23.7 Å². The molecule has 0 spiro atoms. The van der Waals surface area contributed by atoms with Gasteiger partial charge >= 0.3 is 5.97 Å². The summed E-state index contributed by atoms with van der Waals surface area (Å²) in [5.74, 6) is -0.309. The van der Waals surface area contributed by atoms with E-state index in [0.717, 1.165) is 0 Å². The molecule has 0 aromatic heterocycles. The van der Waals surface area contributed by atoms with Gasteiger partial charge in [-0.3, -0.25) is 0 Å². The topological polar surface area (TPSA) is 85.3 Å². The molecule has 2 N–H and O–H groups in total. The number of methoxy groups -OCH3 is 1. The Kier molecular flexibility index (Phi) is 4.35. The molecule has 17 heavy (non-hydrogen) atoms. The first-order valence-corrected chi connectivity index (χ1v) is 5.17. The average Bonchev–Trinajstić information content (AvgIpc) is 2.35. The molecule has 0 heterocycles. The molecule has 0 bridgehead atoms. The van der Waals surface area contributed by atoms with Gasteiger partial charge in [0.2, 0.25) is 0 Å². The minimum Gasteiger partial charge on any atom is -0.475 e. The van der Waals surface area contributed by atoms with Gasteiger partial charge in [-0.2, -0.15) is 5.26 Å². The van der Waals surface area contributed by atoms with E-state index in [2.05, 4.69) is 4.74 Å². The third kappa shape index (κ3) is 2.88. The molecule has 1 aromatic rings. The van der Waals surface area contributed by atoms with Crippen LogP contribution in [0.3, 0.4) is 0 Å². The highest BCUT2D eigenvalue weighted by Gasteiger charge is 2.18. The van der Waals surface area contributed by atoms with Gasteiger partial charge < -0.3 is 15.2 Å². The molecule has 0 aliphatic carbocycles. The molecule has 0 aliphatic rings. The largest absolute Gasteiger partial charge is 0.475 e. The second-order valence-electron chi connectivity index (χ2n) is 3.36.